The van der Waals surface area contributed by atoms with Crippen molar-refractivity contribution < 1.29 is 14.4 Å². The minimum Gasteiger partial charge on any atom is -0.355 e. The molecule has 2 N–H and O–H groups in total. The Morgan fingerprint density at radius 3 is 2.74 bits per heavy atom. The van der Waals surface area contributed by atoms with Crippen LogP contribution in [0, 0.1) is 12.8 Å². The Kier molecular flexibility index (Phi) is 4.32. The third-order valence-corrected chi connectivity index (χ3v) is 4.46. The first kappa shape index (κ1) is 15.5. The minimum atomic E-state index is -0.187. The average Bonchev–Trinajstić information content (AvgIpc) is 2.94. The maximum Gasteiger partial charge on any atom is 0.229 e. The molecule has 0 saturated carbocycles. The second kappa shape index (κ2) is 6.40. The van der Waals surface area contributed by atoms with Crippen LogP contribution in [0.5, 0.6) is 0 Å². The van der Waals surface area contributed by atoms with Crippen molar-refractivity contribution in [3.63, 3.8) is 0 Å². The van der Waals surface area contributed by atoms with E-state index in [4.69, 9.17) is 0 Å². The molecule has 3 rings (SSSR count). The van der Waals surface area contributed by atoms with Crippen molar-refractivity contribution in [2.24, 2.45) is 5.92 Å². The van der Waals surface area contributed by atoms with Gasteiger partial charge in [-0.25, -0.2) is 0 Å². The van der Waals surface area contributed by atoms with E-state index in [-0.39, 0.29) is 23.6 Å². The van der Waals surface area contributed by atoms with Crippen LogP contribution in [0.25, 0.3) is 0 Å². The molecule has 3 amide bonds. The van der Waals surface area contributed by atoms with Crippen molar-refractivity contribution in [3.05, 3.63) is 23.8 Å². The lowest BCUT2D eigenvalue weighted by molar-refractivity contribution is -0.126. The molecule has 6 nitrogen and oxygen atoms in total. The zero-order valence-corrected chi connectivity index (χ0v) is 13.2. The van der Waals surface area contributed by atoms with Crippen LogP contribution < -0.4 is 15.5 Å². The number of rotatable bonds is 3. The minimum absolute atomic E-state index is 0.00419. The van der Waals surface area contributed by atoms with Gasteiger partial charge in [0.05, 0.1) is 5.92 Å². The number of hydrogen-bond donors (Lipinski definition) is 2. The molecule has 6 heteroatoms. The summed E-state index contributed by atoms with van der Waals surface area (Å²) in [6, 6.07) is 5.60. The number of hydrogen-bond acceptors (Lipinski definition) is 3. The van der Waals surface area contributed by atoms with Gasteiger partial charge in [0.1, 0.15) is 0 Å². The lowest BCUT2D eigenvalue weighted by Gasteiger charge is -2.22. The SMILES string of the molecule is Cc1cc(NC(=O)[C@H]2CCC(=O)NC2)ccc1N1CCCC1=O. The van der Waals surface area contributed by atoms with E-state index >= 15 is 0 Å². The molecule has 122 valence electrons. The number of amides is 3. The number of piperidine rings is 1. The van der Waals surface area contributed by atoms with Crippen LogP contribution in [-0.2, 0) is 14.4 Å². The van der Waals surface area contributed by atoms with Crippen molar-refractivity contribution >= 4 is 29.1 Å². The number of benzene rings is 1. The molecule has 23 heavy (non-hydrogen) atoms. The van der Waals surface area contributed by atoms with E-state index in [2.05, 4.69) is 10.6 Å². The molecule has 2 aliphatic heterocycles. The van der Waals surface area contributed by atoms with Gasteiger partial charge in [0.15, 0.2) is 0 Å². The Hall–Kier alpha value is -2.37. The fourth-order valence-corrected chi connectivity index (χ4v) is 3.14. The maximum atomic E-state index is 12.3. The van der Waals surface area contributed by atoms with Crippen molar-refractivity contribution in [3.8, 4) is 0 Å². The van der Waals surface area contributed by atoms with E-state index in [0.29, 0.717) is 25.8 Å². The van der Waals surface area contributed by atoms with Crippen LogP contribution in [-0.4, -0.2) is 30.8 Å². The summed E-state index contributed by atoms with van der Waals surface area (Å²) in [5, 5.41) is 5.62. The number of nitrogens with zero attached hydrogens (tertiary/aromatic N) is 1. The monoisotopic (exact) mass is 315 g/mol. The van der Waals surface area contributed by atoms with Crippen molar-refractivity contribution in [1.82, 2.24) is 5.32 Å². The van der Waals surface area contributed by atoms with Gasteiger partial charge in [-0.2, -0.15) is 0 Å². The van der Waals surface area contributed by atoms with E-state index in [1.807, 2.05) is 25.1 Å². The molecular formula is C17H21N3O3. The molecule has 1 aromatic rings. The third-order valence-electron chi connectivity index (χ3n) is 4.46. The second-order valence-corrected chi connectivity index (χ2v) is 6.18. The summed E-state index contributed by atoms with van der Waals surface area (Å²) in [5.41, 5.74) is 2.60. The predicted molar refractivity (Wildman–Crippen MR) is 87.1 cm³/mol. The molecule has 0 radical (unpaired) electrons. The summed E-state index contributed by atoms with van der Waals surface area (Å²) in [7, 11) is 0. The zero-order chi connectivity index (χ0) is 16.4. The van der Waals surface area contributed by atoms with Crippen LogP contribution in [0.2, 0.25) is 0 Å². The van der Waals surface area contributed by atoms with Gasteiger partial charge in [0.25, 0.3) is 0 Å². The van der Waals surface area contributed by atoms with Gasteiger partial charge < -0.3 is 15.5 Å². The van der Waals surface area contributed by atoms with E-state index in [1.54, 1.807) is 4.90 Å². The lowest BCUT2D eigenvalue weighted by atomic mass is 9.98. The number of nitrogens with one attached hydrogen (secondary N) is 2. The molecule has 2 aliphatic rings. The summed E-state index contributed by atoms with van der Waals surface area (Å²) in [4.78, 5) is 37.0. The molecule has 0 spiro atoms. The first-order valence-corrected chi connectivity index (χ1v) is 8.03. The lowest BCUT2D eigenvalue weighted by Crippen LogP contribution is -2.40. The Bertz CT molecular complexity index is 646. The van der Waals surface area contributed by atoms with Gasteiger partial charge in [-0.3, -0.25) is 14.4 Å². The maximum absolute atomic E-state index is 12.3. The second-order valence-electron chi connectivity index (χ2n) is 6.18. The average molecular weight is 315 g/mol. The quantitative estimate of drug-likeness (QED) is 0.889. The highest BCUT2D eigenvalue weighted by Crippen LogP contribution is 2.27. The molecule has 2 heterocycles. The summed E-state index contributed by atoms with van der Waals surface area (Å²) in [6.07, 6.45) is 2.47. The Morgan fingerprint density at radius 2 is 2.13 bits per heavy atom. The van der Waals surface area contributed by atoms with Gasteiger partial charge in [0, 0.05) is 37.3 Å². The summed E-state index contributed by atoms with van der Waals surface area (Å²) in [6.45, 7) is 3.09. The number of carbonyl (C=O) groups is 3. The van der Waals surface area contributed by atoms with Gasteiger partial charge in [-0.1, -0.05) is 0 Å². The topological polar surface area (TPSA) is 78.5 Å². The Morgan fingerprint density at radius 1 is 1.30 bits per heavy atom. The van der Waals surface area contributed by atoms with Gasteiger partial charge in [0.2, 0.25) is 17.7 Å². The molecule has 0 unspecified atom stereocenters. The first-order chi connectivity index (χ1) is 11.0. The summed E-state index contributed by atoms with van der Waals surface area (Å²) < 4.78 is 0. The Labute approximate surface area is 135 Å². The van der Waals surface area contributed by atoms with Crippen LogP contribution in [0.4, 0.5) is 11.4 Å². The van der Waals surface area contributed by atoms with Crippen LogP contribution in [0.3, 0.4) is 0 Å². The first-order valence-electron chi connectivity index (χ1n) is 8.03. The molecule has 2 fully saturated rings. The smallest absolute Gasteiger partial charge is 0.229 e. The molecule has 0 bridgehead atoms. The fraction of sp³-hybridized carbons (Fsp3) is 0.471. The standard InChI is InChI=1S/C17H21N3O3/c1-11-9-13(5-6-14(11)20-8-2-3-16(20)22)19-17(23)12-4-7-15(21)18-10-12/h5-6,9,12H,2-4,7-8,10H2,1H3,(H,18,21)(H,19,23)/t12-/m0/s1. The van der Waals surface area contributed by atoms with Crippen LogP contribution in [0.1, 0.15) is 31.2 Å². The van der Waals surface area contributed by atoms with Crippen LogP contribution in [0.15, 0.2) is 18.2 Å². The molecule has 1 atom stereocenters. The predicted octanol–water partition coefficient (Wildman–Crippen LogP) is 1.59. The fourth-order valence-electron chi connectivity index (χ4n) is 3.14. The van der Waals surface area contributed by atoms with Crippen LogP contribution >= 0.6 is 0 Å². The normalized spacial score (nSPS) is 21.3. The molecular weight excluding hydrogens is 294 g/mol. The third kappa shape index (κ3) is 3.36. The number of carbonyl (C=O) groups excluding carboxylic acids is 3. The van der Waals surface area contributed by atoms with E-state index in [9.17, 15) is 14.4 Å². The molecule has 2 saturated heterocycles. The van der Waals surface area contributed by atoms with Gasteiger partial charge in [-0.15, -0.1) is 0 Å². The Balaban J connectivity index is 1.67. The highest BCUT2D eigenvalue weighted by molar-refractivity contribution is 5.97. The highest BCUT2D eigenvalue weighted by atomic mass is 16.2. The van der Waals surface area contributed by atoms with Crippen molar-refractivity contribution in [2.45, 2.75) is 32.6 Å². The van der Waals surface area contributed by atoms with Crippen molar-refractivity contribution in [2.75, 3.05) is 23.3 Å². The zero-order valence-electron chi connectivity index (χ0n) is 13.2. The van der Waals surface area contributed by atoms with E-state index < -0.39 is 0 Å². The van der Waals surface area contributed by atoms with Gasteiger partial charge in [-0.05, 0) is 43.5 Å². The number of aryl methyl sites for hydroxylation is 1. The highest BCUT2D eigenvalue weighted by Gasteiger charge is 2.25. The van der Waals surface area contributed by atoms with Crippen molar-refractivity contribution in [1.29, 1.82) is 0 Å². The van der Waals surface area contributed by atoms with Gasteiger partial charge >= 0.3 is 0 Å². The summed E-state index contributed by atoms with van der Waals surface area (Å²) >= 11 is 0. The molecule has 0 aromatic heterocycles. The molecule has 1 aromatic carbocycles. The largest absolute Gasteiger partial charge is 0.355 e. The number of anilines is 2. The molecule has 0 aliphatic carbocycles. The van der Waals surface area contributed by atoms with E-state index in [0.717, 1.165) is 29.9 Å². The van der Waals surface area contributed by atoms with E-state index in [1.165, 1.54) is 0 Å². The summed E-state index contributed by atoms with van der Waals surface area (Å²) in [5.74, 6) is -0.102.